The van der Waals surface area contributed by atoms with E-state index in [1.807, 2.05) is 0 Å². The first-order valence-electron chi connectivity index (χ1n) is 5.88. The molecule has 0 amide bonds. The van der Waals surface area contributed by atoms with Crippen molar-refractivity contribution in [3.63, 3.8) is 0 Å². The molecule has 0 radical (unpaired) electrons. The van der Waals surface area contributed by atoms with E-state index in [2.05, 4.69) is 0 Å². The first-order chi connectivity index (χ1) is 10.9. The van der Waals surface area contributed by atoms with E-state index in [0.717, 1.165) is 0 Å². The SMILES string of the molecule is FC(c1cccc(C(F)(F)F)c1)C(C(F)(F)F)(C(F)(F)F)C(F)(F)F. The van der Waals surface area contributed by atoms with Crippen LogP contribution in [0.5, 0.6) is 0 Å². The molecular formula is C12H5F13. The van der Waals surface area contributed by atoms with Gasteiger partial charge in [-0.05, 0) is 17.7 Å². The Morgan fingerprint density at radius 3 is 1.36 bits per heavy atom. The second-order valence-corrected chi connectivity index (χ2v) is 4.79. The Hall–Kier alpha value is -1.69. The molecule has 0 saturated heterocycles. The van der Waals surface area contributed by atoms with E-state index in [1.54, 1.807) is 0 Å². The molecule has 0 aliphatic rings. The van der Waals surface area contributed by atoms with Gasteiger partial charge < -0.3 is 0 Å². The molecule has 0 saturated carbocycles. The fourth-order valence-corrected chi connectivity index (χ4v) is 2.04. The fourth-order valence-electron chi connectivity index (χ4n) is 2.04. The summed E-state index contributed by atoms with van der Waals surface area (Å²) >= 11 is 0. The van der Waals surface area contributed by atoms with E-state index in [1.165, 1.54) is 0 Å². The zero-order valence-electron chi connectivity index (χ0n) is 11.3. The molecule has 0 nitrogen and oxygen atoms in total. The van der Waals surface area contributed by atoms with Crippen molar-refractivity contribution in [1.29, 1.82) is 0 Å². The topological polar surface area (TPSA) is 0 Å². The minimum atomic E-state index is -7.23. The summed E-state index contributed by atoms with van der Waals surface area (Å²) in [6.07, 6.45) is -31.9. The van der Waals surface area contributed by atoms with E-state index >= 15 is 0 Å². The number of hydrogen-bond acceptors (Lipinski definition) is 0. The van der Waals surface area contributed by atoms with Crippen molar-refractivity contribution in [3.05, 3.63) is 35.4 Å². The minimum Gasteiger partial charge on any atom is -0.241 e. The molecule has 1 atom stereocenters. The molecule has 144 valence electrons. The van der Waals surface area contributed by atoms with Crippen LogP contribution >= 0.6 is 0 Å². The highest BCUT2D eigenvalue weighted by Crippen LogP contribution is 2.66. The zero-order valence-corrected chi connectivity index (χ0v) is 11.3. The lowest BCUT2D eigenvalue weighted by Crippen LogP contribution is -2.62. The van der Waals surface area contributed by atoms with Crippen molar-refractivity contribution in [2.24, 2.45) is 5.41 Å². The molecule has 0 spiro atoms. The van der Waals surface area contributed by atoms with Gasteiger partial charge in [0.25, 0.3) is 5.41 Å². The Balaban J connectivity index is 3.74. The van der Waals surface area contributed by atoms with Crippen LogP contribution in [0, 0.1) is 5.41 Å². The molecule has 1 aromatic carbocycles. The first-order valence-corrected chi connectivity index (χ1v) is 5.88. The fraction of sp³-hybridized carbons (Fsp3) is 0.500. The quantitative estimate of drug-likeness (QED) is 0.509. The van der Waals surface area contributed by atoms with Crippen LogP contribution in [0.1, 0.15) is 17.3 Å². The van der Waals surface area contributed by atoms with Crippen LogP contribution in [0.25, 0.3) is 0 Å². The number of alkyl halides is 13. The van der Waals surface area contributed by atoms with Gasteiger partial charge in [0, 0.05) is 0 Å². The van der Waals surface area contributed by atoms with Crippen molar-refractivity contribution < 1.29 is 57.1 Å². The average Bonchev–Trinajstić information content (AvgIpc) is 2.32. The van der Waals surface area contributed by atoms with Gasteiger partial charge in [0.05, 0.1) is 5.56 Å². The summed E-state index contributed by atoms with van der Waals surface area (Å²) in [6.45, 7) is 0. The molecule has 0 bridgehead atoms. The average molecular weight is 396 g/mol. The Kier molecular flexibility index (Phi) is 5.07. The van der Waals surface area contributed by atoms with Gasteiger partial charge in [0.2, 0.25) is 0 Å². The lowest BCUT2D eigenvalue weighted by Gasteiger charge is -2.40. The van der Waals surface area contributed by atoms with Crippen molar-refractivity contribution in [3.8, 4) is 0 Å². The third-order valence-electron chi connectivity index (χ3n) is 3.23. The van der Waals surface area contributed by atoms with Crippen LogP contribution in [-0.2, 0) is 6.18 Å². The van der Waals surface area contributed by atoms with Gasteiger partial charge in [0.1, 0.15) is 0 Å². The minimum absolute atomic E-state index is 0.0299. The maximum atomic E-state index is 14.0. The Morgan fingerprint density at radius 2 is 1.04 bits per heavy atom. The molecule has 0 N–H and O–H groups in total. The molecule has 0 aromatic heterocycles. The number of halogens is 13. The van der Waals surface area contributed by atoms with Crippen LogP contribution in [-0.4, -0.2) is 18.5 Å². The predicted molar refractivity (Wildman–Crippen MR) is 55.9 cm³/mol. The Labute approximate surface area is 130 Å². The second kappa shape index (κ2) is 5.94. The van der Waals surface area contributed by atoms with Gasteiger partial charge in [0.15, 0.2) is 6.17 Å². The summed E-state index contributed by atoms with van der Waals surface area (Å²) in [5, 5.41) is 0. The molecule has 13 heteroatoms. The van der Waals surface area contributed by atoms with Crippen LogP contribution in [0.15, 0.2) is 24.3 Å². The zero-order chi connectivity index (χ0) is 20.1. The second-order valence-electron chi connectivity index (χ2n) is 4.79. The highest BCUT2D eigenvalue weighted by molar-refractivity contribution is 5.30. The van der Waals surface area contributed by atoms with E-state index in [0.29, 0.717) is 0 Å². The molecule has 1 rings (SSSR count). The van der Waals surface area contributed by atoms with E-state index < -0.39 is 53.5 Å². The Morgan fingerprint density at radius 1 is 0.640 bits per heavy atom. The molecule has 0 aliphatic carbocycles. The van der Waals surface area contributed by atoms with Crippen LogP contribution < -0.4 is 0 Å². The summed E-state index contributed by atoms with van der Waals surface area (Å²) in [5.41, 5.74) is -10.9. The highest BCUT2D eigenvalue weighted by atomic mass is 19.4. The molecule has 1 aromatic rings. The summed E-state index contributed by atoms with van der Waals surface area (Å²) in [4.78, 5) is 0. The molecule has 0 fully saturated rings. The maximum Gasteiger partial charge on any atom is 0.416 e. The summed E-state index contributed by atoms with van der Waals surface area (Å²) < 4.78 is 166. The monoisotopic (exact) mass is 396 g/mol. The van der Waals surface area contributed by atoms with Crippen molar-refractivity contribution in [1.82, 2.24) is 0 Å². The molecule has 25 heavy (non-hydrogen) atoms. The maximum absolute atomic E-state index is 14.0. The number of hydrogen-bond donors (Lipinski definition) is 0. The lowest BCUT2D eigenvalue weighted by molar-refractivity contribution is -0.443. The van der Waals surface area contributed by atoms with Gasteiger partial charge >= 0.3 is 24.7 Å². The largest absolute Gasteiger partial charge is 0.416 e. The van der Waals surface area contributed by atoms with Crippen molar-refractivity contribution in [2.45, 2.75) is 30.9 Å². The summed E-state index contributed by atoms with van der Waals surface area (Å²) in [5.74, 6) is 0. The smallest absolute Gasteiger partial charge is 0.241 e. The third-order valence-corrected chi connectivity index (χ3v) is 3.23. The Bertz CT molecular complexity index is 565. The van der Waals surface area contributed by atoms with E-state index in [4.69, 9.17) is 0 Å². The van der Waals surface area contributed by atoms with Crippen molar-refractivity contribution in [2.75, 3.05) is 0 Å². The number of rotatable bonds is 2. The molecule has 0 heterocycles. The normalized spacial score (nSPS) is 16.0. The van der Waals surface area contributed by atoms with Gasteiger partial charge in [-0.3, -0.25) is 0 Å². The highest BCUT2D eigenvalue weighted by Gasteiger charge is 2.87. The van der Waals surface area contributed by atoms with Gasteiger partial charge in [-0.1, -0.05) is 12.1 Å². The summed E-state index contributed by atoms with van der Waals surface area (Å²) in [7, 11) is 0. The third kappa shape index (κ3) is 3.50. The van der Waals surface area contributed by atoms with Crippen molar-refractivity contribution >= 4 is 0 Å². The number of benzene rings is 1. The van der Waals surface area contributed by atoms with E-state index in [-0.39, 0.29) is 18.2 Å². The van der Waals surface area contributed by atoms with E-state index in [9.17, 15) is 57.1 Å². The standard InChI is InChI=1S/C12H5F13/c13-7(5-2-1-3-6(4-5)9(14,15)16)8(10(17,18)19,11(20,21)22)12(23,24)25/h1-4,7H. The van der Waals surface area contributed by atoms with Gasteiger partial charge in [-0.15, -0.1) is 0 Å². The molecular weight excluding hydrogens is 391 g/mol. The van der Waals surface area contributed by atoms with Gasteiger partial charge in [-0.25, -0.2) is 4.39 Å². The van der Waals surface area contributed by atoms with Crippen LogP contribution in [0.2, 0.25) is 0 Å². The summed E-state index contributed by atoms with van der Waals surface area (Å²) in [6, 6.07) is -0.230. The van der Waals surface area contributed by atoms with Crippen LogP contribution in [0.4, 0.5) is 57.1 Å². The predicted octanol–water partition coefficient (Wildman–Crippen LogP) is 6.39. The molecule has 1 unspecified atom stereocenters. The van der Waals surface area contributed by atoms with Crippen LogP contribution in [0.3, 0.4) is 0 Å². The van der Waals surface area contributed by atoms with Gasteiger partial charge in [-0.2, -0.15) is 52.7 Å². The lowest BCUT2D eigenvalue weighted by atomic mass is 9.77. The first kappa shape index (κ1) is 21.4. The molecule has 0 aliphatic heterocycles.